The van der Waals surface area contributed by atoms with Crippen LogP contribution in [0.5, 0.6) is 0 Å². The van der Waals surface area contributed by atoms with Gasteiger partial charge in [-0.05, 0) is 19.3 Å². The molecule has 0 aromatic heterocycles. The van der Waals surface area contributed by atoms with Crippen molar-refractivity contribution in [3.8, 4) is 0 Å². The number of carboxylic acid groups (broad SMARTS) is 1. The first-order valence-electron chi connectivity index (χ1n) is 10.6. The van der Waals surface area contributed by atoms with Gasteiger partial charge in [0.1, 0.15) is 0 Å². The molecule has 0 aliphatic heterocycles. The quantitative estimate of drug-likeness (QED) is 0.286. The minimum atomic E-state index is -0.674. The predicted molar refractivity (Wildman–Crippen MR) is 105 cm³/mol. The molecule has 0 unspecified atom stereocenters. The molecule has 0 rings (SSSR count). The fraction of sp³-hybridized carbons (Fsp3) is 0.905. The number of rotatable bonds is 19. The van der Waals surface area contributed by atoms with E-state index >= 15 is 0 Å². The molecule has 0 bridgehead atoms. The van der Waals surface area contributed by atoms with Gasteiger partial charge in [0.25, 0.3) is 0 Å². The number of hydrogen-bond donors (Lipinski definition) is 2. The average Bonchev–Trinajstić information content (AvgIpc) is 2.58. The van der Waals surface area contributed by atoms with Gasteiger partial charge in [-0.2, -0.15) is 0 Å². The number of nitrogens with one attached hydrogen (secondary N) is 1. The standard InChI is InChI=1S/C21H41NO3/c1-2-3-16-19-22-20(23)17-14-12-10-8-6-4-5-7-9-11-13-15-18-21(24)25/h2-19H2,1H3,(H,22,23)(H,24,25). The van der Waals surface area contributed by atoms with Gasteiger partial charge < -0.3 is 10.4 Å². The Morgan fingerprint density at radius 3 is 1.52 bits per heavy atom. The van der Waals surface area contributed by atoms with E-state index in [0.717, 1.165) is 32.2 Å². The minimum absolute atomic E-state index is 0.222. The van der Waals surface area contributed by atoms with Gasteiger partial charge in [0.2, 0.25) is 5.91 Å². The summed E-state index contributed by atoms with van der Waals surface area (Å²) in [4.78, 5) is 22.0. The smallest absolute Gasteiger partial charge is 0.303 e. The van der Waals surface area contributed by atoms with E-state index in [2.05, 4.69) is 12.2 Å². The third kappa shape index (κ3) is 20.9. The molecule has 0 aliphatic rings. The van der Waals surface area contributed by atoms with Gasteiger partial charge in [0.05, 0.1) is 0 Å². The molecule has 0 saturated carbocycles. The number of carboxylic acids is 1. The van der Waals surface area contributed by atoms with Crippen molar-refractivity contribution in [2.45, 2.75) is 116 Å². The van der Waals surface area contributed by atoms with Crippen LogP contribution in [0.1, 0.15) is 116 Å². The summed E-state index contributed by atoms with van der Waals surface area (Å²) < 4.78 is 0. The van der Waals surface area contributed by atoms with E-state index in [9.17, 15) is 9.59 Å². The van der Waals surface area contributed by atoms with Crippen molar-refractivity contribution >= 4 is 11.9 Å². The molecule has 25 heavy (non-hydrogen) atoms. The van der Waals surface area contributed by atoms with Crippen molar-refractivity contribution in [3.05, 3.63) is 0 Å². The Bertz CT molecular complexity index is 318. The van der Waals surface area contributed by atoms with Gasteiger partial charge in [-0.3, -0.25) is 9.59 Å². The lowest BCUT2D eigenvalue weighted by molar-refractivity contribution is -0.137. The van der Waals surface area contributed by atoms with E-state index in [-0.39, 0.29) is 5.91 Å². The van der Waals surface area contributed by atoms with Crippen molar-refractivity contribution in [2.75, 3.05) is 6.54 Å². The maximum absolute atomic E-state index is 11.6. The van der Waals surface area contributed by atoms with Crippen LogP contribution in [-0.2, 0) is 9.59 Å². The molecule has 1 amide bonds. The lowest BCUT2D eigenvalue weighted by Gasteiger charge is -2.05. The zero-order valence-electron chi connectivity index (χ0n) is 16.5. The highest BCUT2D eigenvalue weighted by atomic mass is 16.4. The first kappa shape index (κ1) is 23.9. The van der Waals surface area contributed by atoms with Gasteiger partial charge >= 0.3 is 5.97 Å². The number of unbranched alkanes of at least 4 members (excludes halogenated alkanes) is 13. The van der Waals surface area contributed by atoms with E-state index in [1.54, 1.807) is 0 Å². The monoisotopic (exact) mass is 355 g/mol. The fourth-order valence-electron chi connectivity index (χ4n) is 3.02. The summed E-state index contributed by atoms with van der Waals surface area (Å²) in [7, 11) is 0. The van der Waals surface area contributed by atoms with Gasteiger partial charge in [-0.25, -0.2) is 0 Å². The van der Waals surface area contributed by atoms with Crippen LogP contribution in [0.15, 0.2) is 0 Å². The topological polar surface area (TPSA) is 66.4 Å². The van der Waals surface area contributed by atoms with Gasteiger partial charge in [0.15, 0.2) is 0 Å². The number of carbonyl (C=O) groups is 2. The van der Waals surface area contributed by atoms with Gasteiger partial charge in [-0.1, -0.05) is 84.0 Å². The molecule has 0 saturated heterocycles. The zero-order valence-corrected chi connectivity index (χ0v) is 16.5. The minimum Gasteiger partial charge on any atom is -0.481 e. The summed E-state index contributed by atoms with van der Waals surface area (Å²) in [5.74, 6) is -0.452. The third-order valence-corrected chi connectivity index (χ3v) is 4.65. The van der Waals surface area contributed by atoms with Crippen LogP contribution in [0.4, 0.5) is 0 Å². The van der Waals surface area contributed by atoms with E-state index < -0.39 is 5.97 Å². The third-order valence-electron chi connectivity index (χ3n) is 4.65. The fourth-order valence-corrected chi connectivity index (χ4v) is 3.02. The molecule has 0 spiro atoms. The van der Waals surface area contributed by atoms with Gasteiger partial charge in [-0.15, -0.1) is 0 Å². The molecule has 0 aromatic rings. The Labute approximate surface area is 155 Å². The molecule has 0 radical (unpaired) electrons. The van der Waals surface area contributed by atoms with Crippen LogP contribution >= 0.6 is 0 Å². The van der Waals surface area contributed by atoms with Crippen LogP contribution in [0.25, 0.3) is 0 Å². The maximum Gasteiger partial charge on any atom is 0.303 e. The van der Waals surface area contributed by atoms with E-state index in [4.69, 9.17) is 5.11 Å². The number of aliphatic carboxylic acids is 1. The van der Waals surface area contributed by atoms with E-state index in [1.807, 2.05) is 0 Å². The van der Waals surface area contributed by atoms with Crippen LogP contribution in [0, 0.1) is 0 Å². The Morgan fingerprint density at radius 2 is 1.08 bits per heavy atom. The second-order valence-corrected chi connectivity index (χ2v) is 7.19. The summed E-state index contributed by atoms with van der Waals surface area (Å²) in [6.07, 6.45) is 18.7. The van der Waals surface area contributed by atoms with E-state index in [1.165, 1.54) is 70.6 Å². The van der Waals surface area contributed by atoms with Crippen LogP contribution in [0.3, 0.4) is 0 Å². The molecule has 4 heteroatoms. The SMILES string of the molecule is CCCCCNC(=O)CCCCCCCCCCCCCCC(=O)O. The van der Waals surface area contributed by atoms with Crippen molar-refractivity contribution in [2.24, 2.45) is 0 Å². The molecule has 2 N–H and O–H groups in total. The number of amides is 1. The summed E-state index contributed by atoms with van der Waals surface area (Å²) in [5, 5.41) is 11.5. The molecule has 0 aromatic carbocycles. The molecule has 0 aliphatic carbocycles. The van der Waals surface area contributed by atoms with E-state index in [0.29, 0.717) is 12.8 Å². The predicted octanol–water partition coefficient (Wildman–Crippen LogP) is 5.84. The zero-order chi connectivity index (χ0) is 18.6. The first-order chi connectivity index (χ1) is 12.2. The molecule has 148 valence electrons. The average molecular weight is 356 g/mol. The lowest BCUT2D eigenvalue weighted by atomic mass is 10.0. The highest BCUT2D eigenvalue weighted by molar-refractivity contribution is 5.75. The number of carbonyl (C=O) groups excluding carboxylic acids is 1. The Kier molecular flexibility index (Phi) is 18.5. The van der Waals surface area contributed by atoms with Crippen molar-refractivity contribution in [3.63, 3.8) is 0 Å². The Morgan fingerprint density at radius 1 is 0.640 bits per heavy atom. The highest BCUT2D eigenvalue weighted by Gasteiger charge is 2.00. The second kappa shape index (κ2) is 19.3. The normalized spacial score (nSPS) is 10.8. The van der Waals surface area contributed by atoms with Crippen LogP contribution in [0.2, 0.25) is 0 Å². The van der Waals surface area contributed by atoms with Crippen LogP contribution < -0.4 is 5.32 Å². The molecule has 0 heterocycles. The molecule has 0 atom stereocenters. The van der Waals surface area contributed by atoms with Crippen molar-refractivity contribution < 1.29 is 14.7 Å². The molecular formula is C21H41NO3. The highest BCUT2D eigenvalue weighted by Crippen LogP contribution is 2.13. The summed E-state index contributed by atoms with van der Waals surface area (Å²) in [6.45, 7) is 3.01. The molecule has 0 fully saturated rings. The second-order valence-electron chi connectivity index (χ2n) is 7.19. The summed E-state index contributed by atoms with van der Waals surface area (Å²) >= 11 is 0. The largest absolute Gasteiger partial charge is 0.481 e. The Hall–Kier alpha value is -1.06. The molecule has 4 nitrogen and oxygen atoms in total. The van der Waals surface area contributed by atoms with Crippen molar-refractivity contribution in [1.29, 1.82) is 0 Å². The van der Waals surface area contributed by atoms with Crippen LogP contribution in [-0.4, -0.2) is 23.5 Å². The van der Waals surface area contributed by atoms with Gasteiger partial charge in [0, 0.05) is 19.4 Å². The molecular weight excluding hydrogens is 314 g/mol. The summed E-state index contributed by atoms with van der Waals surface area (Å²) in [5.41, 5.74) is 0. The Balaban J connectivity index is 3.11. The lowest BCUT2D eigenvalue weighted by Crippen LogP contribution is -2.23. The first-order valence-corrected chi connectivity index (χ1v) is 10.6. The maximum atomic E-state index is 11.6. The number of hydrogen-bond acceptors (Lipinski definition) is 2. The van der Waals surface area contributed by atoms with Crippen molar-refractivity contribution in [1.82, 2.24) is 5.32 Å². The summed E-state index contributed by atoms with van der Waals surface area (Å²) in [6, 6.07) is 0.